The van der Waals surface area contributed by atoms with E-state index in [-0.39, 0.29) is 5.13 Å². The second-order valence-electron chi connectivity index (χ2n) is 2.59. The van der Waals surface area contributed by atoms with E-state index in [1.807, 2.05) is 18.4 Å². The Morgan fingerprint density at radius 2 is 2.23 bits per heavy atom. The molecule has 1 heterocycles. The van der Waals surface area contributed by atoms with Gasteiger partial charge in [0.1, 0.15) is 0 Å². The van der Waals surface area contributed by atoms with E-state index >= 15 is 0 Å². The molecular weight excluding hydrogens is 223 g/mol. The molecule has 0 aliphatic heterocycles. The Bertz CT molecular complexity index is 447. The number of benzene rings is 1. The molecule has 0 bridgehead atoms. The lowest BCUT2D eigenvalue weighted by Crippen LogP contribution is -1.73. The summed E-state index contributed by atoms with van der Waals surface area (Å²) in [5.41, 5.74) is 0. The normalized spacial score (nSPS) is 11.0. The molecule has 0 aliphatic rings. The summed E-state index contributed by atoms with van der Waals surface area (Å²) in [7, 11) is 0. The van der Waals surface area contributed by atoms with Crippen molar-refractivity contribution in [3.63, 3.8) is 0 Å². The average molecular weight is 230 g/mol. The quantitative estimate of drug-likeness (QED) is 0.569. The summed E-state index contributed by atoms with van der Waals surface area (Å²) in [5.74, 6) is 0. The van der Waals surface area contributed by atoms with Crippen molar-refractivity contribution in [3.05, 3.63) is 23.3 Å². The van der Waals surface area contributed by atoms with Gasteiger partial charge in [0.25, 0.3) is 0 Å². The molecule has 2 rings (SSSR count). The van der Waals surface area contributed by atoms with Crippen molar-refractivity contribution in [2.75, 3.05) is 6.26 Å². The van der Waals surface area contributed by atoms with Crippen LogP contribution in [0, 0.1) is 5.13 Å². The van der Waals surface area contributed by atoms with Gasteiger partial charge in [0.2, 0.25) is 0 Å². The van der Waals surface area contributed by atoms with Crippen LogP contribution in [0.3, 0.4) is 0 Å². The monoisotopic (exact) mass is 230 g/mol. The van der Waals surface area contributed by atoms with Crippen LogP contribution in [0.1, 0.15) is 0 Å². The second kappa shape index (κ2) is 3.52. The molecule has 0 fully saturated rings. The van der Waals surface area contributed by atoms with Crippen molar-refractivity contribution in [1.82, 2.24) is 0 Å². The number of halogens is 1. The molecule has 0 unspecified atom stereocenters. The van der Waals surface area contributed by atoms with Crippen molar-refractivity contribution in [1.29, 1.82) is 0 Å². The maximum absolute atomic E-state index is 12.9. The zero-order valence-corrected chi connectivity index (χ0v) is 9.40. The van der Waals surface area contributed by atoms with Gasteiger partial charge in [0.05, 0.1) is 4.70 Å². The van der Waals surface area contributed by atoms with E-state index < -0.39 is 0 Å². The van der Waals surface area contributed by atoms with Crippen molar-refractivity contribution >= 4 is 45.8 Å². The Morgan fingerprint density at radius 1 is 1.46 bits per heavy atom. The fourth-order valence-electron chi connectivity index (χ4n) is 1.20. The first-order valence-corrected chi connectivity index (χ1v) is 6.16. The highest BCUT2D eigenvalue weighted by molar-refractivity contribution is 7.99. The Kier molecular flexibility index (Phi) is 2.53. The van der Waals surface area contributed by atoms with Crippen molar-refractivity contribution in [3.8, 4) is 0 Å². The maximum atomic E-state index is 12.9. The third-order valence-corrected chi connectivity index (χ3v) is 4.32. The molecule has 2 aromatic rings. The highest BCUT2D eigenvalue weighted by Crippen LogP contribution is 2.35. The van der Waals surface area contributed by atoms with E-state index in [1.54, 1.807) is 17.8 Å². The highest BCUT2D eigenvalue weighted by atomic mass is 32.2. The summed E-state index contributed by atoms with van der Waals surface area (Å²) >= 11 is 7.16. The molecule has 4 heteroatoms. The summed E-state index contributed by atoms with van der Waals surface area (Å²) in [6.07, 6.45) is 1.99. The Hall–Kier alpha value is -0.190. The Morgan fingerprint density at radius 3 is 2.92 bits per heavy atom. The summed E-state index contributed by atoms with van der Waals surface area (Å²) in [6.45, 7) is 0. The van der Waals surface area contributed by atoms with Crippen molar-refractivity contribution in [2.45, 2.75) is 9.79 Å². The minimum atomic E-state index is -0.149. The second-order valence-corrected chi connectivity index (χ2v) is 4.88. The molecule has 0 nitrogen and oxygen atoms in total. The molecule has 0 radical (unpaired) electrons. The van der Waals surface area contributed by atoms with Gasteiger partial charge in [-0.2, -0.15) is 4.39 Å². The van der Waals surface area contributed by atoms with Crippen LogP contribution in [0.25, 0.3) is 10.1 Å². The fraction of sp³-hybridized carbons (Fsp3) is 0.111. The fourth-order valence-corrected chi connectivity index (χ4v) is 3.21. The highest BCUT2D eigenvalue weighted by Gasteiger charge is 2.07. The van der Waals surface area contributed by atoms with Gasteiger partial charge in [0, 0.05) is 9.79 Å². The first-order chi connectivity index (χ1) is 6.22. The SMILES string of the molecule is CSc1ccc2cc(F)sc2c1S. The molecule has 0 saturated carbocycles. The molecule has 0 spiro atoms. The van der Waals surface area contributed by atoms with Gasteiger partial charge in [-0.15, -0.1) is 35.7 Å². The van der Waals surface area contributed by atoms with Gasteiger partial charge in [-0.1, -0.05) is 6.07 Å². The molecule has 0 amide bonds. The van der Waals surface area contributed by atoms with E-state index in [4.69, 9.17) is 0 Å². The predicted octanol–water partition coefficient (Wildman–Crippen LogP) is 4.05. The minimum absolute atomic E-state index is 0.149. The van der Waals surface area contributed by atoms with Crippen LogP contribution >= 0.6 is 35.7 Å². The first-order valence-electron chi connectivity index (χ1n) is 3.67. The number of fused-ring (bicyclic) bond motifs is 1. The van der Waals surface area contributed by atoms with Crippen molar-refractivity contribution < 1.29 is 4.39 Å². The zero-order valence-electron chi connectivity index (χ0n) is 6.87. The first kappa shape index (κ1) is 9.37. The number of thioether (sulfide) groups is 1. The molecule has 0 N–H and O–H groups in total. The number of thiol groups is 1. The summed E-state index contributed by atoms with van der Waals surface area (Å²) in [5, 5.41) is 0.786. The van der Waals surface area contributed by atoms with E-state index in [1.165, 1.54) is 0 Å². The number of thiophene rings is 1. The third kappa shape index (κ3) is 1.58. The van der Waals surface area contributed by atoms with Gasteiger partial charge in [-0.25, -0.2) is 0 Å². The lowest BCUT2D eigenvalue weighted by atomic mass is 10.3. The van der Waals surface area contributed by atoms with Gasteiger partial charge >= 0.3 is 0 Å². The van der Waals surface area contributed by atoms with Crippen LogP contribution in [-0.2, 0) is 0 Å². The lowest BCUT2D eigenvalue weighted by molar-refractivity contribution is 0.658. The van der Waals surface area contributed by atoms with Crippen LogP contribution in [0.5, 0.6) is 0 Å². The predicted molar refractivity (Wildman–Crippen MR) is 60.8 cm³/mol. The molecule has 0 saturated heterocycles. The van der Waals surface area contributed by atoms with E-state index in [0.29, 0.717) is 0 Å². The number of hydrogen-bond donors (Lipinski definition) is 1. The number of rotatable bonds is 1. The smallest absolute Gasteiger partial charge is 0.177 e. The molecule has 1 aromatic carbocycles. The third-order valence-electron chi connectivity index (χ3n) is 1.81. The minimum Gasteiger partial charge on any atom is -0.195 e. The van der Waals surface area contributed by atoms with Crippen LogP contribution in [0.2, 0.25) is 0 Å². The molecule has 68 valence electrons. The van der Waals surface area contributed by atoms with Crippen LogP contribution in [-0.4, -0.2) is 6.26 Å². The number of hydrogen-bond acceptors (Lipinski definition) is 3. The summed E-state index contributed by atoms with van der Waals surface area (Å²) in [6, 6.07) is 5.45. The molecule has 0 atom stereocenters. The largest absolute Gasteiger partial charge is 0.195 e. The van der Waals surface area contributed by atoms with E-state index in [9.17, 15) is 4.39 Å². The van der Waals surface area contributed by atoms with Crippen molar-refractivity contribution in [2.24, 2.45) is 0 Å². The van der Waals surface area contributed by atoms with E-state index in [2.05, 4.69) is 12.6 Å². The molecule has 0 aliphatic carbocycles. The summed E-state index contributed by atoms with van der Waals surface area (Å²) in [4.78, 5) is 1.98. The average Bonchev–Trinajstić information content (AvgIpc) is 2.47. The standard InChI is InChI=1S/C9H7FS3/c1-12-6-3-2-5-4-7(10)13-9(5)8(6)11/h2-4,11H,1H3. The molecule has 13 heavy (non-hydrogen) atoms. The van der Waals surface area contributed by atoms with Gasteiger partial charge < -0.3 is 0 Å². The molecule has 1 aromatic heterocycles. The maximum Gasteiger partial charge on any atom is 0.177 e. The topological polar surface area (TPSA) is 0 Å². The lowest BCUT2D eigenvalue weighted by Gasteiger charge is -2.00. The molecular formula is C9H7FS3. The van der Waals surface area contributed by atoms with E-state index in [0.717, 1.165) is 31.2 Å². The van der Waals surface area contributed by atoms with Crippen LogP contribution < -0.4 is 0 Å². The van der Waals surface area contributed by atoms with Crippen LogP contribution in [0.15, 0.2) is 28.0 Å². The van der Waals surface area contributed by atoms with Crippen LogP contribution in [0.4, 0.5) is 4.39 Å². The van der Waals surface area contributed by atoms with Gasteiger partial charge in [-0.3, -0.25) is 0 Å². The van der Waals surface area contributed by atoms with Gasteiger partial charge in [-0.05, 0) is 23.8 Å². The Balaban J connectivity index is 2.78. The Labute approximate surface area is 89.6 Å². The summed E-state index contributed by atoms with van der Waals surface area (Å²) < 4.78 is 13.9. The van der Waals surface area contributed by atoms with Gasteiger partial charge in [0.15, 0.2) is 5.13 Å². The zero-order chi connectivity index (χ0) is 9.42.